The summed E-state index contributed by atoms with van der Waals surface area (Å²) in [6.45, 7) is 1.92. The molecule has 1 aliphatic carbocycles. The van der Waals surface area contributed by atoms with Crippen molar-refractivity contribution in [2.45, 2.75) is 44.2 Å². The Bertz CT molecular complexity index is 313. The first kappa shape index (κ1) is 14.9. The van der Waals surface area contributed by atoms with Gasteiger partial charge in [0.1, 0.15) is 6.04 Å². The van der Waals surface area contributed by atoms with Crippen LogP contribution in [0.25, 0.3) is 0 Å². The van der Waals surface area contributed by atoms with E-state index in [9.17, 15) is 14.7 Å². The lowest BCUT2D eigenvalue weighted by Gasteiger charge is -2.30. The Kier molecular flexibility index (Phi) is 5.10. The highest BCUT2D eigenvalue weighted by atomic mass is 16.4. The van der Waals surface area contributed by atoms with Crippen molar-refractivity contribution in [3.05, 3.63) is 0 Å². The molecule has 1 saturated carbocycles. The number of carboxylic acid groups (broad SMARTS) is 1. The second-order valence-corrected chi connectivity index (χ2v) is 5.22. The van der Waals surface area contributed by atoms with E-state index in [-0.39, 0.29) is 12.5 Å². The summed E-state index contributed by atoms with van der Waals surface area (Å²) in [5, 5.41) is 21.6. The monoisotopic (exact) mass is 258 g/mol. The van der Waals surface area contributed by atoms with Gasteiger partial charge in [0.05, 0.1) is 5.60 Å². The summed E-state index contributed by atoms with van der Waals surface area (Å²) < 4.78 is 0. The molecule has 3 N–H and O–H groups in total. The molecule has 0 aliphatic heterocycles. The van der Waals surface area contributed by atoms with Gasteiger partial charge in [0.2, 0.25) is 5.91 Å². The van der Waals surface area contributed by atoms with Crippen LogP contribution in [0.3, 0.4) is 0 Å². The lowest BCUT2D eigenvalue weighted by atomic mass is 10.0. The largest absolute Gasteiger partial charge is 0.480 e. The van der Waals surface area contributed by atoms with Crippen molar-refractivity contribution < 1.29 is 19.8 Å². The fourth-order valence-electron chi connectivity index (χ4n) is 2.50. The predicted molar refractivity (Wildman–Crippen MR) is 66.2 cm³/mol. The molecule has 0 aromatic heterocycles. The molecular weight excluding hydrogens is 236 g/mol. The number of carbonyl (C=O) groups is 2. The zero-order valence-corrected chi connectivity index (χ0v) is 11.0. The number of amides is 1. The SMILES string of the molecule is CC(=O)NC(CN(C)CC1(O)CCCC1)C(=O)O. The Hall–Kier alpha value is -1.14. The Morgan fingerprint density at radius 2 is 1.94 bits per heavy atom. The first-order valence-electron chi connectivity index (χ1n) is 6.23. The van der Waals surface area contributed by atoms with Crippen LogP contribution in [0, 0.1) is 0 Å². The molecule has 0 spiro atoms. The van der Waals surface area contributed by atoms with Crippen molar-refractivity contribution in [3.63, 3.8) is 0 Å². The smallest absolute Gasteiger partial charge is 0.327 e. The Labute approximate surface area is 107 Å². The molecule has 0 heterocycles. The number of carboxylic acids is 1. The number of nitrogens with one attached hydrogen (secondary N) is 1. The Morgan fingerprint density at radius 1 is 1.39 bits per heavy atom. The van der Waals surface area contributed by atoms with Crippen LogP contribution in [-0.4, -0.2) is 58.8 Å². The highest BCUT2D eigenvalue weighted by molar-refractivity contribution is 5.82. The Balaban J connectivity index is 2.47. The minimum absolute atomic E-state index is 0.192. The summed E-state index contributed by atoms with van der Waals surface area (Å²) in [5.74, 6) is -1.43. The van der Waals surface area contributed by atoms with Gasteiger partial charge in [-0.2, -0.15) is 0 Å². The normalized spacial score (nSPS) is 19.8. The van der Waals surface area contributed by atoms with Crippen LogP contribution < -0.4 is 5.32 Å². The van der Waals surface area contributed by atoms with E-state index in [4.69, 9.17) is 5.11 Å². The molecule has 1 aliphatic rings. The van der Waals surface area contributed by atoms with Gasteiger partial charge in [0.25, 0.3) is 0 Å². The Morgan fingerprint density at radius 3 is 2.39 bits per heavy atom. The van der Waals surface area contributed by atoms with Crippen LogP contribution in [0.5, 0.6) is 0 Å². The molecule has 6 heteroatoms. The molecule has 1 rings (SSSR count). The van der Waals surface area contributed by atoms with Crippen molar-refractivity contribution in [2.75, 3.05) is 20.1 Å². The zero-order valence-electron chi connectivity index (χ0n) is 11.0. The molecular formula is C12H22N2O4. The van der Waals surface area contributed by atoms with Crippen LogP contribution in [0.2, 0.25) is 0 Å². The van der Waals surface area contributed by atoms with Crippen molar-refractivity contribution in [3.8, 4) is 0 Å². The van der Waals surface area contributed by atoms with Crippen LogP contribution in [0.4, 0.5) is 0 Å². The minimum Gasteiger partial charge on any atom is -0.480 e. The van der Waals surface area contributed by atoms with Crippen molar-refractivity contribution in [1.82, 2.24) is 10.2 Å². The predicted octanol–water partition coefficient (Wildman–Crippen LogP) is -0.187. The minimum atomic E-state index is -1.06. The fraction of sp³-hybridized carbons (Fsp3) is 0.833. The van der Waals surface area contributed by atoms with Crippen molar-refractivity contribution >= 4 is 11.9 Å². The highest BCUT2D eigenvalue weighted by Crippen LogP contribution is 2.29. The summed E-state index contributed by atoms with van der Waals surface area (Å²) in [6, 6.07) is -0.933. The standard InChI is InChI=1S/C12H22N2O4/c1-9(15)13-10(11(16)17)7-14(2)8-12(18)5-3-4-6-12/h10,18H,3-8H2,1-2H3,(H,13,15)(H,16,17). The third-order valence-electron chi connectivity index (χ3n) is 3.27. The van der Waals surface area contributed by atoms with E-state index >= 15 is 0 Å². The van der Waals surface area contributed by atoms with E-state index < -0.39 is 17.6 Å². The van der Waals surface area contributed by atoms with Crippen LogP contribution in [0.15, 0.2) is 0 Å². The number of hydrogen-bond acceptors (Lipinski definition) is 4. The lowest BCUT2D eigenvalue weighted by Crippen LogP contribution is -2.50. The van der Waals surface area contributed by atoms with E-state index in [1.54, 1.807) is 11.9 Å². The van der Waals surface area contributed by atoms with Crippen molar-refractivity contribution in [2.24, 2.45) is 0 Å². The number of aliphatic hydroxyl groups is 1. The summed E-state index contributed by atoms with van der Waals surface area (Å²) in [7, 11) is 1.76. The number of nitrogens with zero attached hydrogens (tertiary/aromatic N) is 1. The van der Waals surface area contributed by atoms with Gasteiger partial charge in [-0.15, -0.1) is 0 Å². The van der Waals surface area contributed by atoms with E-state index in [0.717, 1.165) is 25.7 Å². The van der Waals surface area contributed by atoms with Gasteiger partial charge in [-0.3, -0.25) is 4.79 Å². The molecule has 104 valence electrons. The molecule has 0 aromatic rings. The summed E-state index contributed by atoms with van der Waals surface area (Å²) in [5.41, 5.74) is -0.700. The molecule has 1 unspecified atom stereocenters. The van der Waals surface area contributed by atoms with Crippen LogP contribution in [0.1, 0.15) is 32.6 Å². The maximum Gasteiger partial charge on any atom is 0.327 e. The molecule has 18 heavy (non-hydrogen) atoms. The number of carbonyl (C=O) groups excluding carboxylic acids is 1. The van der Waals surface area contributed by atoms with Gasteiger partial charge in [-0.1, -0.05) is 12.8 Å². The van der Waals surface area contributed by atoms with Gasteiger partial charge in [0, 0.05) is 20.0 Å². The number of aliphatic carboxylic acids is 1. The maximum atomic E-state index is 11.0. The quantitative estimate of drug-likeness (QED) is 0.614. The molecule has 0 bridgehead atoms. The molecule has 0 radical (unpaired) electrons. The van der Waals surface area contributed by atoms with Gasteiger partial charge in [-0.05, 0) is 19.9 Å². The van der Waals surface area contributed by atoms with Crippen LogP contribution >= 0.6 is 0 Å². The third-order valence-corrected chi connectivity index (χ3v) is 3.27. The van der Waals surface area contributed by atoms with E-state index in [2.05, 4.69) is 5.32 Å². The fourth-order valence-corrected chi connectivity index (χ4v) is 2.50. The molecule has 1 fully saturated rings. The van der Waals surface area contributed by atoms with Gasteiger partial charge in [-0.25, -0.2) is 4.79 Å². The zero-order chi connectivity index (χ0) is 13.8. The summed E-state index contributed by atoms with van der Waals surface area (Å²) in [6.07, 6.45) is 3.54. The van der Waals surface area contributed by atoms with E-state index in [0.29, 0.717) is 6.54 Å². The first-order valence-corrected chi connectivity index (χ1v) is 6.23. The van der Waals surface area contributed by atoms with Gasteiger partial charge >= 0.3 is 5.97 Å². The average molecular weight is 258 g/mol. The lowest BCUT2D eigenvalue weighted by molar-refractivity contribution is -0.142. The second-order valence-electron chi connectivity index (χ2n) is 5.22. The topological polar surface area (TPSA) is 89.9 Å². The number of likely N-dealkylation sites (N-methyl/N-ethyl adjacent to an activating group) is 1. The number of rotatable bonds is 6. The van der Waals surface area contributed by atoms with E-state index in [1.165, 1.54) is 6.92 Å². The molecule has 1 atom stereocenters. The average Bonchev–Trinajstić information content (AvgIpc) is 2.62. The van der Waals surface area contributed by atoms with Crippen molar-refractivity contribution in [1.29, 1.82) is 0 Å². The molecule has 0 saturated heterocycles. The maximum absolute atomic E-state index is 11.0. The van der Waals surface area contributed by atoms with Gasteiger partial charge < -0.3 is 20.4 Å². The number of hydrogen-bond donors (Lipinski definition) is 3. The molecule has 6 nitrogen and oxygen atoms in total. The summed E-state index contributed by atoms with van der Waals surface area (Å²) >= 11 is 0. The molecule has 0 aromatic carbocycles. The first-order chi connectivity index (χ1) is 8.32. The van der Waals surface area contributed by atoms with Gasteiger partial charge in [0.15, 0.2) is 0 Å². The molecule has 1 amide bonds. The second kappa shape index (κ2) is 6.15. The highest BCUT2D eigenvalue weighted by Gasteiger charge is 2.33. The van der Waals surface area contributed by atoms with Crippen LogP contribution in [-0.2, 0) is 9.59 Å². The summed E-state index contributed by atoms with van der Waals surface area (Å²) in [4.78, 5) is 23.7. The third kappa shape index (κ3) is 4.62. The van der Waals surface area contributed by atoms with E-state index in [1.807, 2.05) is 0 Å².